The third-order valence-electron chi connectivity index (χ3n) is 4.80. The fraction of sp³-hybridized carbons (Fsp3) is 0.632. The molecule has 174 valence electrons. The van der Waals surface area contributed by atoms with Crippen LogP contribution in [-0.2, 0) is 25.6 Å². The van der Waals surface area contributed by atoms with Crippen LogP contribution in [0.25, 0.3) is 0 Å². The molecule has 0 aliphatic heterocycles. The molecule has 7 N–H and O–H groups in total. The maximum Gasteiger partial charge on any atom is 0.326 e. The van der Waals surface area contributed by atoms with Crippen molar-refractivity contribution in [3.05, 3.63) is 18.2 Å². The summed E-state index contributed by atoms with van der Waals surface area (Å²) in [4.78, 5) is 55.3. The van der Waals surface area contributed by atoms with E-state index in [4.69, 9.17) is 5.73 Å². The minimum absolute atomic E-state index is 0.124. The summed E-state index contributed by atoms with van der Waals surface area (Å²) in [6.07, 6.45) is 6.03. The first kappa shape index (κ1) is 26.4. The van der Waals surface area contributed by atoms with E-state index < -0.39 is 48.4 Å². The summed E-state index contributed by atoms with van der Waals surface area (Å²) in [5, 5.41) is 16.7. The lowest BCUT2D eigenvalue weighted by molar-refractivity contribution is -0.143. The summed E-state index contributed by atoms with van der Waals surface area (Å²) in [6.45, 7) is 3.11. The normalized spacial score (nSPS) is 14.7. The lowest BCUT2D eigenvalue weighted by Crippen LogP contribution is -2.54. The maximum absolute atomic E-state index is 12.7. The number of aromatic nitrogens is 2. The van der Waals surface area contributed by atoms with E-state index >= 15 is 0 Å². The Morgan fingerprint density at radius 3 is 2.52 bits per heavy atom. The van der Waals surface area contributed by atoms with E-state index in [0.717, 1.165) is 0 Å². The molecule has 1 rings (SSSR count). The molecular formula is C19H32N6O5S. The van der Waals surface area contributed by atoms with Gasteiger partial charge in [-0.3, -0.25) is 14.4 Å². The van der Waals surface area contributed by atoms with Gasteiger partial charge in [0.25, 0.3) is 0 Å². The molecule has 0 spiro atoms. The lowest BCUT2D eigenvalue weighted by atomic mass is 9.99. The molecule has 0 aliphatic carbocycles. The number of carbonyl (C=O) groups is 4. The Hall–Kier alpha value is -2.60. The molecule has 0 radical (unpaired) electrons. The van der Waals surface area contributed by atoms with Crippen molar-refractivity contribution >= 4 is 35.5 Å². The standard InChI is InChI=1S/C19H32N6O5S/c1-4-11(2)16(19(29)30)25-15(26)9-22-18(28)14(7-12-8-21-10-23-12)24-17(27)13(20)5-6-31-3/h8,10-11,13-14,16H,4-7,9,20H2,1-3H3,(H,21,23)(H,22,28)(H,24,27)(H,25,26)(H,29,30). The van der Waals surface area contributed by atoms with Crippen molar-refractivity contribution < 1.29 is 24.3 Å². The SMILES string of the molecule is CCC(C)C(NC(=O)CNC(=O)C(Cc1cnc[nH]1)NC(=O)C(N)CCSC)C(=O)O. The van der Waals surface area contributed by atoms with Crippen molar-refractivity contribution in [2.24, 2.45) is 11.7 Å². The number of thioether (sulfide) groups is 1. The molecule has 0 saturated heterocycles. The highest BCUT2D eigenvalue weighted by molar-refractivity contribution is 7.98. The summed E-state index contributed by atoms with van der Waals surface area (Å²) >= 11 is 1.56. The summed E-state index contributed by atoms with van der Waals surface area (Å²) in [5.74, 6) is -2.41. The van der Waals surface area contributed by atoms with E-state index in [9.17, 15) is 24.3 Å². The quantitative estimate of drug-likeness (QED) is 0.211. The number of carbonyl (C=O) groups excluding carboxylic acids is 3. The Labute approximate surface area is 185 Å². The van der Waals surface area contributed by atoms with Gasteiger partial charge < -0.3 is 31.8 Å². The fourth-order valence-corrected chi connectivity index (χ4v) is 3.17. The Bertz CT molecular complexity index is 729. The van der Waals surface area contributed by atoms with Crippen molar-refractivity contribution in [2.75, 3.05) is 18.6 Å². The Morgan fingerprint density at radius 1 is 1.26 bits per heavy atom. The second kappa shape index (κ2) is 13.7. The van der Waals surface area contributed by atoms with Crippen LogP contribution in [0, 0.1) is 5.92 Å². The number of nitrogens with zero attached hydrogens (tertiary/aromatic N) is 1. The summed E-state index contributed by atoms with van der Waals surface area (Å²) < 4.78 is 0. The van der Waals surface area contributed by atoms with Gasteiger partial charge in [-0.05, 0) is 24.3 Å². The third-order valence-corrected chi connectivity index (χ3v) is 5.44. The van der Waals surface area contributed by atoms with Crippen LogP contribution in [-0.4, -0.2) is 75.4 Å². The zero-order valence-electron chi connectivity index (χ0n) is 18.0. The third kappa shape index (κ3) is 9.39. The van der Waals surface area contributed by atoms with Crippen molar-refractivity contribution in [2.45, 2.75) is 51.2 Å². The molecular weight excluding hydrogens is 424 g/mol. The predicted octanol–water partition coefficient (Wildman–Crippen LogP) is -0.751. The minimum Gasteiger partial charge on any atom is -0.480 e. The number of carboxylic acid groups (broad SMARTS) is 1. The van der Waals surface area contributed by atoms with Gasteiger partial charge in [-0.15, -0.1) is 0 Å². The van der Waals surface area contributed by atoms with Crippen molar-refractivity contribution in [3.8, 4) is 0 Å². The Morgan fingerprint density at radius 2 is 1.97 bits per heavy atom. The first-order valence-electron chi connectivity index (χ1n) is 10.0. The van der Waals surface area contributed by atoms with Crippen molar-refractivity contribution in [3.63, 3.8) is 0 Å². The minimum atomic E-state index is -1.14. The highest BCUT2D eigenvalue weighted by atomic mass is 32.2. The lowest BCUT2D eigenvalue weighted by Gasteiger charge is -2.22. The topological polar surface area (TPSA) is 179 Å². The van der Waals surface area contributed by atoms with Gasteiger partial charge in [0.2, 0.25) is 17.7 Å². The fourth-order valence-electron chi connectivity index (χ4n) is 2.68. The zero-order chi connectivity index (χ0) is 23.4. The van der Waals surface area contributed by atoms with Crippen LogP contribution in [0.5, 0.6) is 0 Å². The summed E-state index contributed by atoms with van der Waals surface area (Å²) in [6, 6.07) is -2.80. The van der Waals surface area contributed by atoms with Gasteiger partial charge in [-0.2, -0.15) is 11.8 Å². The van der Waals surface area contributed by atoms with Crippen LogP contribution in [0.4, 0.5) is 0 Å². The smallest absolute Gasteiger partial charge is 0.326 e. The van der Waals surface area contributed by atoms with Crippen molar-refractivity contribution in [1.29, 1.82) is 0 Å². The van der Waals surface area contributed by atoms with Crippen LogP contribution < -0.4 is 21.7 Å². The zero-order valence-corrected chi connectivity index (χ0v) is 18.8. The summed E-state index contributed by atoms with van der Waals surface area (Å²) in [5.41, 5.74) is 6.49. The molecule has 0 aliphatic rings. The molecule has 31 heavy (non-hydrogen) atoms. The highest BCUT2D eigenvalue weighted by Crippen LogP contribution is 2.07. The number of carboxylic acids is 1. The molecule has 0 aromatic carbocycles. The molecule has 1 heterocycles. The van der Waals surface area contributed by atoms with Crippen molar-refractivity contribution in [1.82, 2.24) is 25.9 Å². The largest absolute Gasteiger partial charge is 0.480 e. The number of nitrogens with one attached hydrogen (secondary N) is 4. The number of H-pyrrole nitrogens is 1. The number of hydrogen-bond donors (Lipinski definition) is 6. The van der Waals surface area contributed by atoms with Gasteiger partial charge in [0.1, 0.15) is 12.1 Å². The number of aromatic amines is 1. The van der Waals surface area contributed by atoms with Gasteiger partial charge >= 0.3 is 5.97 Å². The van der Waals surface area contributed by atoms with Crippen LogP contribution in [0.3, 0.4) is 0 Å². The van der Waals surface area contributed by atoms with E-state index in [1.54, 1.807) is 18.7 Å². The van der Waals surface area contributed by atoms with Gasteiger partial charge in [-0.1, -0.05) is 20.3 Å². The molecule has 4 atom stereocenters. The number of nitrogens with two attached hydrogens (primary N) is 1. The second-order valence-electron chi connectivity index (χ2n) is 7.22. The van der Waals surface area contributed by atoms with Gasteiger partial charge in [-0.25, -0.2) is 9.78 Å². The van der Waals surface area contributed by atoms with Gasteiger partial charge in [0.15, 0.2) is 0 Å². The number of rotatable bonds is 14. The Balaban J connectivity index is 2.72. The molecule has 1 aromatic rings. The van der Waals surface area contributed by atoms with Crippen LogP contribution in [0.2, 0.25) is 0 Å². The molecule has 3 amide bonds. The van der Waals surface area contributed by atoms with E-state index in [1.807, 2.05) is 13.2 Å². The second-order valence-corrected chi connectivity index (χ2v) is 8.20. The molecule has 4 unspecified atom stereocenters. The number of aliphatic carboxylic acids is 1. The average Bonchev–Trinajstić information content (AvgIpc) is 3.25. The van der Waals surface area contributed by atoms with Gasteiger partial charge in [0.05, 0.1) is 18.9 Å². The number of hydrogen-bond acceptors (Lipinski definition) is 7. The molecule has 0 bridgehead atoms. The Kier molecular flexibility index (Phi) is 11.6. The van der Waals surface area contributed by atoms with Crippen LogP contribution in [0.1, 0.15) is 32.4 Å². The van der Waals surface area contributed by atoms with E-state index in [0.29, 0.717) is 24.3 Å². The van der Waals surface area contributed by atoms with E-state index in [2.05, 4.69) is 25.9 Å². The predicted molar refractivity (Wildman–Crippen MR) is 117 cm³/mol. The van der Waals surface area contributed by atoms with Crippen LogP contribution in [0.15, 0.2) is 12.5 Å². The maximum atomic E-state index is 12.7. The van der Waals surface area contributed by atoms with E-state index in [1.165, 1.54) is 12.5 Å². The molecule has 1 aromatic heterocycles. The average molecular weight is 457 g/mol. The van der Waals surface area contributed by atoms with Gasteiger partial charge in [0, 0.05) is 18.3 Å². The molecule has 0 fully saturated rings. The van der Waals surface area contributed by atoms with Crippen LogP contribution >= 0.6 is 11.8 Å². The van der Waals surface area contributed by atoms with E-state index in [-0.39, 0.29) is 12.3 Å². The monoisotopic (exact) mass is 456 g/mol. The molecule has 11 nitrogen and oxygen atoms in total. The molecule has 12 heteroatoms. The summed E-state index contributed by atoms with van der Waals surface area (Å²) in [7, 11) is 0. The molecule has 0 saturated carbocycles. The number of imidazole rings is 1. The highest BCUT2D eigenvalue weighted by Gasteiger charge is 2.27. The first-order valence-corrected chi connectivity index (χ1v) is 11.4. The first-order chi connectivity index (χ1) is 14.7. The number of amides is 3.